The summed E-state index contributed by atoms with van der Waals surface area (Å²) in [6, 6.07) is 11.5. The van der Waals surface area contributed by atoms with E-state index in [2.05, 4.69) is 45.4 Å². The second-order valence-electron chi connectivity index (χ2n) is 7.35. The molecule has 3 fully saturated rings. The molecule has 0 radical (unpaired) electrons. The Bertz CT molecular complexity index is 543. The molecule has 0 saturated carbocycles. The van der Waals surface area contributed by atoms with Crippen molar-refractivity contribution in [1.29, 1.82) is 0 Å². The zero-order valence-electron chi connectivity index (χ0n) is 13.8. The van der Waals surface area contributed by atoms with E-state index in [9.17, 15) is 4.79 Å². The minimum absolute atomic E-state index is 0.246. The highest BCUT2D eigenvalue weighted by Crippen LogP contribution is 2.32. The van der Waals surface area contributed by atoms with Gasteiger partial charge in [-0.15, -0.1) is 0 Å². The molecule has 1 aromatic rings. The summed E-state index contributed by atoms with van der Waals surface area (Å²) in [5, 5.41) is 3.22. The van der Waals surface area contributed by atoms with Crippen LogP contribution in [0.3, 0.4) is 0 Å². The first-order valence-corrected chi connectivity index (χ1v) is 9.09. The Morgan fingerprint density at radius 3 is 2.70 bits per heavy atom. The number of hydrogen-bond acceptors (Lipinski definition) is 3. The standard InChI is InChI=1S/C19H27N3O/c23-19(17-11-20-12-17)22-10-8-18-16(14-22)7-4-9-21(18)13-15-5-2-1-3-6-15/h1-3,5-6,16-18,20H,4,7-14H2. The highest BCUT2D eigenvalue weighted by molar-refractivity contribution is 5.80. The zero-order valence-corrected chi connectivity index (χ0v) is 13.8. The Morgan fingerprint density at radius 1 is 1.13 bits per heavy atom. The van der Waals surface area contributed by atoms with Crippen LogP contribution in [0.4, 0.5) is 0 Å². The van der Waals surface area contributed by atoms with E-state index in [0.717, 1.165) is 39.1 Å². The largest absolute Gasteiger partial charge is 0.342 e. The average molecular weight is 313 g/mol. The molecule has 4 nitrogen and oxygen atoms in total. The van der Waals surface area contributed by atoms with Crippen LogP contribution in [0.25, 0.3) is 0 Å². The van der Waals surface area contributed by atoms with Gasteiger partial charge >= 0.3 is 0 Å². The van der Waals surface area contributed by atoms with Gasteiger partial charge in [-0.3, -0.25) is 9.69 Å². The number of piperidine rings is 2. The molecular weight excluding hydrogens is 286 g/mol. The Labute approximate surface area is 138 Å². The number of amides is 1. The van der Waals surface area contributed by atoms with Crippen LogP contribution in [0.1, 0.15) is 24.8 Å². The average Bonchev–Trinajstić information content (AvgIpc) is 2.54. The van der Waals surface area contributed by atoms with Crippen LogP contribution in [0, 0.1) is 11.8 Å². The van der Waals surface area contributed by atoms with E-state index in [0.29, 0.717) is 17.9 Å². The van der Waals surface area contributed by atoms with Crippen molar-refractivity contribution in [2.75, 3.05) is 32.7 Å². The van der Waals surface area contributed by atoms with Gasteiger partial charge < -0.3 is 10.2 Å². The molecule has 4 heteroatoms. The van der Waals surface area contributed by atoms with Crippen LogP contribution in [-0.2, 0) is 11.3 Å². The second-order valence-corrected chi connectivity index (χ2v) is 7.35. The molecule has 1 amide bonds. The molecule has 0 spiro atoms. The van der Waals surface area contributed by atoms with Crippen LogP contribution in [0.15, 0.2) is 30.3 Å². The topological polar surface area (TPSA) is 35.6 Å². The van der Waals surface area contributed by atoms with E-state index in [-0.39, 0.29) is 5.92 Å². The van der Waals surface area contributed by atoms with E-state index < -0.39 is 0 Å². The lowest BCUT2D eigenvalue weighted by Gasteiger charge is -2.48. The van der Waals surface area contributed by atoms with E-state index >= 15 is 0 Å². The predicted molar refractivity (Wildman–Crippen MR) is 90.9 cm³/mol. The van der Waals surface area contributed by atoms with Gasteiger partial charge in [0.1, 0.15) is 0 Å². The van der Waals surface area contributed by atoms with Crippen LogP contribution in [0.2, 0.25) is 0 Å². The summed E-state index contributed by atoms with van der Waals surface area (Å²) in [6.07, 6.45) is 3.69. The van der Waals surface area contributed by atoms with Crippen molar-refractivity contribution in [3.05, 3.63) is 35.9 Å². The third-order valence-electron chi connectivity index (χ3n) is 5.85. The molecule has 3 aliphatic heterocycles. The van der Waals surface area contributed by atoms with Gasteiger partial charge in [0.05, 0.1) is 5.92 Å². The molecule has 3 saturated heterocycles. The lowest BCUT2D eigenvalue weighted by molar-refractivity contribution is -0.140. The maximum absolute atomic E-state index is 12.5. The van der Waals surface area contributed by atoms with Crippen molar-refractivity contribution in [3.8, 4) is 0 Å². The van der Waals surface area contributed by atoms with Gasteiger partial charge in [0.25, 0.3) is 0 Å². The summed E-state index contributed by atoms with van der Waals surface area (Å²) in [7, 11) is 0. The van der Waals surface area contributed by atoms with Crippen molar-refractivity contribution in [2.24, 2.45) is 11.8 Å². The van der Waals surface area contributed by atoms with Gasteiger partial charge in [0, 0.05) is 38.8 Å². The minimum atomic E-state index is 0.246. The minimum Gasteiger partial charge on any atom is -0.342 e. The van der Waals surface area contributed by atoms with Crippen molar-refractivity contribution in [2.45, 2.75) is 31.8 Å². The SMILES string of the molecule is O=C(C1CNC1)N1CCC2C(CCCN2Cc2ccccc2)C1. The van der Waals surface area contributed by atoms with Crippen LogP contribution in [-0.4, -0.2) is 54.5 Å². The number of carbonyl (C=O) groups excluding carboxylic acids is 1. The highest BCUT2D eigenvalue weighted by Gasteiger charge is 2.39. The lowest BCUT2D eigenvalue weighted by Crippen LogP contribution is -2.58. The third-order valence-corrected chi connectivity index (χ3v) is 5.85. The van der Waals surface area contributed by atoms with Gasteiger partial charge in [-0.2, -0.15) is 0 Å². The number of fused-ring (bicyclic) bond motifs is 1. The maximum Gasteiger partial charge on any atom is 0.228 e. The highest BCUT2D eigenvalue weighted by atomic mass is 16.2. The van der Waals surface area contributed by atoms with Gasteiger partial charge in [-0.25, -0.2) is 0 Å². The number of likely N-dealkylation sites (tertiary alicyclic amines) is 2. The second kappa shape index (κ2) is 6.62. The first kappa shape index (κ1) is 15.2. The van der Waals surface area contributed by atoms with E-state index in [1.54, 1.807) is 0 Å². The summed E-state index contributed by atoms with van der Waals surface area (Å²) in [6.45, 7) is 5.94. The molecule has 4 rings (SSSR count). The Kier molecular flexibility index (Phi) is 4.36. The summed E-state index contributed by atoms with van der Waals surface area (Å²) in [5.41, 5.74) is 1.41. The molecule has 3 aliphatic rings. The van der Waals surface area contributed by atoms with E-state index in [1.807, 2.05) is 0 Å². The first-order chi connectivity index (χ1) is 11.3. The van der Waals surface area contributed by atoms with Gasteiger partial charge in [0.15, 0.2) is 0 Å². The van der Waals surface area contributed by atoms with E-state index in [4.69, 9.17) is 0 Å². The smallest absolute Gasteiger partial charge is 0.228 e. The fraction of sp³-hybridized carbons (Fsp3) is 0.632. The summed E-state index contributed by atoms with van der Waals surface area (Å²) in [4.78, 5) is 17.3. The van der Waals surface area contributed by atoms with Gasteiger partial charge in [-0.1, -0.05) is 30.3 Å². The number of benzene rings is 1. The third kappa shape index (κ3) is 3.15. The fourth-order valence-corrected chi connectivity index (χ4v) is 4.44. The van der Waals surface area contributed by atoms with Crippen molar-refractivity contribution < 1.29 is 4.79 Å². The Morgan fingerprint density at radius 2 is 1.96 bits per heavy atom. The quantitative estimate of drug-likeness (QED) is 0.923. The number of hydrogen-bond donors (Lipinski definition) is 1. The molecule has 23 heavy (non-hydrogen) atoms. The monoisotopic (exact) mass is 313 g/mol. The normalized spacial score (nSPS) is 29.0. The van der Waals surface area contributed by atoms with Crippen molar-refractivity contribution >= 4 is 5.91 Å². The van der Waals surface area contributed by atoms with Crippen LogP contribution < -0.4 is 5.32 Å². The summed E-state index contributed by atoms with van der Waals surface area (Å²) in [5.74, 6) is 1.30. The maximum atomic E-state index is 12.5. The number of nitrogens with zero attached hydrogens (tertiary/aromatic N) is 2. The molecular formula is C19H27N3O. The number of rotatable bonds is 3. The number of nitrogens with one attached hydrogen (secondary N) is 1. The van der Waals surface area contributed by atoms with Crippen molar-refractivity contribution in [3.63, 3.8) is 0 Å². The Hall–Kier alpha value is -1.39. The number of carbonyl (C=O) groups is 1. The molecule has 0 aliphatic carbocycles. The van der Waals surface area contributed by atoms with Gasteiger partial charge in [-0.05, 0) is 37.3 Å². The van der Waals surface area contributed by atoms with Crippen LogP contribution in [0.5, 0.6) is 0 Å². The molecule has 2 atom stereocenters. The van der Waals surface area contributed by atoms with Crippen LogP contribution >= 0.6 is 0 Å². The fourth-order valence-electron chi connectivity index (χ4n) is 4.44. The molecule has 1 N–H and O–H groups in total. The molecule has 2 unspecified atom stereocenters. The molecule has 1 aromatic carbocycles. The van der Waals surface area contributed by atoms with Crippen molar-refractivity contribution in [1.82, 2.24) is 15.1 Å². The molecule has 3 heterocycles. The molecule has 124 valence electrons. The predicted octanol–water partition coefficient (Wildman–Crippen LogP) is 1.72. The molecule has 0 aromatic heterocycles. The first-order valence-electron chi connectivity index (χ1n) is 9.09. The zero-order chi connectivity index (χ0) is 15.6. The summed E-state index contributed by atoms with van der Waals surface area (Å²) < 4.78 is 0. The Balaban J connectivity index is 1.39. The van der Waals surface area contributed by atoms with E-state index in [1.165, 1.54) is 24.9 Å². The molecule has 0 bridgehead atoms. The summed E-state index contributed by atoms with van der Waals surface area (Å²) >= 11 is 0. The van der Waals surface area contributed by atoms with Gasteiger partial charge in [0.2, 0.25) is 5.91 Å². The lowest BCUT2D eigenvalue weighted by atomic mass is 9.83.